The highest BCUT2D eigenvalue weighted by Gasteiger charge is 2.39. The number of ether oxygens (including phenoxy) is 3. The SMILES string of the molecule is CCOC(=O)Cc1ccc(N2Cc3c(c(OCC)c4ccccc4c3OCC(F)(F)F)C2=O)c(F)c1. The number of esters is 1. The molecule has 3 aromatic rings. The molecule has 0 saturated heterocycles. The molecule has 6 nitrogen and oxygen atoms in total. The summed E-state index contributed by atoms with van der Waals surface area (Å²) in [5.74, 6) is -1.81. The number of alkyl halides is 3. The topological polar surface area (TPSA) is 65.1 Å². The van der Waals surface area contributed by atoms with Crippen LogP contribution < -0.4 is 14.4 Å². The number of carbonyl (C=O) groups is 2. The molecule has 1 aliphatic rings. The van der Waals surface area contributed by atoms with Gasteiger partial charge in [-0.3, -0.25) is 9.59 Å². The van der Waals surface area contributed by atoms with E-state index in [-0.39, 0.29) is 54.5 Å². The zero-order chi connectivity index (χ0) is 26.0. The number of halogens is 4. The fourth-order valence-electron chi connectivity index (χ4n) is 4.23. The lowest BCUT2D eigenvalue weighted by atomic mass is 9.99. The van der Waals surface area contributed by atoms with Crippen molar-refractivity contribution in [1.82, 2.24) is 0 Å². The molecule has 0 aromatic heterocycles. The number of nitrogens with zero attached hydrogens (tertiary/aromatic N) is 1. The van der Waals surface area contributed by atoms with Crippen LogP contribution in [-0.2, 0) is 22.5 Å². The maximum atomic E-state index is 15.1. The Morgan fingerprint density at radius 3 is 2.31 bits per heavy atom. The van der Waals surface area contributed by atoms with Gasteiger partial charge in [-0.1, -0.05) is 30.3 Å². The average Bonchev–Trinajstić information content (AvgIpc) is 3.15. The van der Waals surface area contributed by atoms with E-state index in [9.17, 15) is 22.8 Å². The van der Waals surface area contributed by atoms with Gasteiger partial charge in [0, 0.05) is 16.3 Å². The zero-order valence-electron chi connectivity index (χ0n) is 19.6. The van der Waals surface area contributed by atoms with Crippen molar-refractivity contribution in [2.24, 2.45) is 0 Å². The molecular weight excluding hydrogens is 482 g/mol. The quantitative estimate of drug-likeness (QED) is 0.295. The highest BCUT2D eigenvalue weighted by Crippen LogP contribution is 2.46. The molecule has 0 saturated carbocycles. The molecule has 190 valence electrons. The molecule has 4 rings (SSSR count). The van der Waals surface area contributed by atoms with Gasteiger partial charge in [-0.2, -0.15) is 13.2 Å². The Morgan fingerprint density at radius 1 is 1.00 bits per heavy atom. The smallest absolute Gasteiger partial charge is 0.422 e. The van der Waals surface area contributed by atoms with Gasteiger partial charge in [-0.05, 0) is 31.5 Å². The molecule has 0 N–H and O–H groups in total. The summed E-state index contributed by atoms with van der Waals surface area (Å²) in [5.41, 5.74) is 0.481. The van der Waals surface area contributed by atoms with Crippen LogP contribution in [0.25, 0.3) is 10.8 Å². The number of anilines is 1. The van der Waals surface area contributed by atoms with E-state index in [2.05, 4.69) is 0 Å². The second-order valence-corrected chi connectivity index (χ2v) is 8.05. The number of carbonyl (C=O) groups excluding carboxylic acids is 2. The van der Waals surface area contributed by atoms with Gasteiger partial charge in [0.2, 0.25) is 0 Å². The van der Waals surface area contributed by atoms with E-state index in [1.165, 1.54) is 12.1 Å². The van der Waals surface area contributed by atoms with Crippen molar-refractivity contribution in [3.05, 3.63) is 65.0 Å². The number of benzene rings is 3. The third-order valence-electron chi connectivity index (χ3n) is 5.62. The maximum absolute atomic E-state index is 15.1. The van der Waals surface area contributed by atoms with Crippen molar-refractivity contribution in [2.75, 3.05) is 24.7 Å². The molecule has 3 aromatic carbocycles. The average molecular weight is 505 g/mol. The van der Waals surface area contributed by atoms with Crippen LogP contribution in [0.5, 0.6) is 11.5 Å². The first-order chi connectivity index (χ1) is 17.1. The van der Waals surface area contributed by atoms with Crippen molar-refractivity contribution in [3.63, 3.8) is 0 Å². The van der Waals surface area contributed by atoms with Crippen LogP contribution in [0.3, 0.4) is 0 Å². The van der Waals surface area contributed by atoms with E-state index in [0.29, 0.717) is 16.3 Å². The van der Waals surface area contributed by atoms with Crippen LogP contribution >= 0.6 is 0 Å². The Hall–Kier alpha value is -3.82. The predicted molar refractivity (Wildman–Crippen MR) is 124 cm³/mol. The predicted octanol–water partition coefficient (Wildman–Crippen LogP) is 5.58. The van der Waals surface area contributed by atoms with Crippen LogP contribution in [0.4, 0.5) is 23.2 Å². The summed E-state index contributed by atoms with van der Waals surface area (Å²) in [6.07, 6.45) is -4.75. The highest BCUT2D eigenvalue weighted by molar-refractivity contribution is 6.17. The van der Waals surface area contributed by atoms with Gasteiger partial charge in [0.25, 0.3) is 5.91 Å². The molecule has 1 aliphatic heterocycles. The van der Waals surface area contributed by atoms with E-state index in [1.54, 1.807) is 38.1 Å². The summed E-state index contributed by atoms with van der Waals surface area (Å²) in [6, 6.07) is 10.5. The van der Waals surface area contributed by atoms with Crippen LogP contribution in [0.1, 0.15) is 35.3 Å². The summed E-state index contributed by atoms with van der Waals surface area (Å²) < 4.78 is 70.0. The fourth-order valence-corrected chi connectivity index (χ4v) is 4.23. The third kappa shape index (κ3) is 4.93. The molecule has 0 spiro atoms. The van der Waals surface area contributed by atoms with E-state index in [1.807, 2.05) is 0 Å². The molecule has 36 heavy (non-hydrogen) atoms. The lowest BCUT2D eigenvalue weighted by Gasteiger charge is -2.18. The normalized spacial score (nSPS) is 13.2. The Kier molecular flexibility index (Phi) is 7.05. The van der Waals surface area contributed by atoms with Crippen molar-refractivity contribution < 1.29 is 41.4 Å². The third-order valence-corrected chi connectivity index (χ3v) is 5.62. The van der Waals surface area contributed by atoms with Gasteiger partial charge in [0.15, 0.2) is 6.61 Å². The van der Waals surface area contributed by atoms with Gasteiger partial charge >= 0.3 is 12.1 Å². The first-order valence-electron chi connectivity index (χ1n) is 11.3. The number of rotatable bonds is 8. The van der Waals surface area contributed by atoms with Crippen molar-refractivity contribution >= 4 is 28.3 Å². The maximum Gasteiger partial charge on any atom is 0.422 e. The Morgan fingerprint density at radius 2 is 1.69 bits per heavy atom. The van der Waals surface area contributed by atoms with Crippen molar-refractivity contribution in [2.45, 2.75) is 33.0 Å². The number of hydrogen-bond donors (Lipinski definition) is 0. The second kappa shape index (κ2) is 10.0. The lowest BCUT2D eigenvalue weighted by molar-refractivity contribution is -0.153. The zero-order valence-corrected chi connectivity index (χ0v) is 19.6. The monoisotopic (exact) mass is 505 g/mol. The molecule has 0 bridgehead atoms. The van der Waals surface area contributed by atoms with Crippen LogP contribution in [0, 0.1) is 5.82 Å². The van der Waals surface area contributed by atoms with Crippen molar-refractivity contribution in [1.29, 1.82) is 0 Å². The van der Waals surface area contributed by atoms with E-state index >= 15 is 4.39 Å². The lowest BCUT2D eigenvalue weighted by Crippen LogP contribution is -2.24. The Balaban J connectivity index is 1.79. The fraction of sp³-hybridized carbons (Fsp3) is 0.308. The standard InChI is InChI=1S/C26H23F4NO5/c1-3-34-21(32)12-15-9-10-20(19(27)11-15)31-13-18-22(25(31)33)24(35-4-2)17-8-6-5-7-16(17)23(18)36-14-26(28,29)30/h5-11H,3-4,12-14H2,1-2H3. The van der Waals surface area contributed by atoms with Gasteiger partial charge < -0.3 is 19.1 Å². The molecular formula is C26H23F4NO5. The highest BCUT2D eigenvalue weighted by atomic mass is 19.4. The summed E-state index contributed by atoms with van der Waals surface area (Å²) in [7, 11) is 0. The first kappa shape index (κ1) is 25.3. The van der Waals surface area contributed by atoms with Crippen molar-refractivity contribution in [3.8, 4) is 11.5 Å². The van der Waals surface area contributed by atoms with Crippen LogP contribution in [0.15, 0.2) is 42.5 Å². The van der Waals surface area contributed by atoms with Gasteiger partial charge in [-0.25, -0.2) is 4.39 Å². The van der Waals surface area contributed by atoms with Crippen LogP contribution in [0.2, 0.25) is 0 Å². The summed E-state index contributed by atoms with van der Waals surface area (Å²) in [4.78, 5) is 26.4. The summed E-state index contributed by atoms with van der Waals surface area (Å²) in [5, 5.41) is 0.764. The number of fused-ring (bicyclic) bond motifs is 2. The number of amides is 1. The largest absolute Gasteiger partial charge is 0.492 e. The molecule has 0 aliphatic carbocycles. The van der Waals surface area contributed by atoms with Gasteiger partial charge in [0.05, 0.1) is 37.4 Å². The van der Waals surface area contributed by atoms with E-state index in [0.717, 1.165) is 11.0 Å². The Labute approximate surface area is 204 Å². The molecule has 0 unspecified atom stereocenters. The molecule has 1 amide bonds. The minimum absolute atomic E-state index is 0.0303. The second-order valence-electron chi connectivity index (χ2n) is 8.05. The Bertz CT molecular complexity index is 1320. The molecule has 0 fully saturated rings. The number of hydrogen-bond acceptors (Lipinski definition) is 5. The summed E-state index contributed by atoms with van der Waals surface area (Å²) in [6.45, 7) is 1.99. The minimum atomic E-state index is -4.60. The minimum Gasteiger partial charge on any atom is -0.492 e. The molecule has 1 heterocycles. The van der Waals surface area contributed by atoms with E-state index in [4.69, 9.17) is 14.2 Å². The van der Waals surface area contributed by atoms with Crippen LogP contribution in [-0.4, -0.2) is 37.9 Å². The first-order valence-corrected chi connectivity index (χ1v) is 11.3. The van der Waals surface area contributed by atoms with Gasteiger partial charge in [0.1, 0.15) is 17.3 Å². The molecule has 0 atom stereocenters. The van der Waals surface area contributed by atoms with Gasteiger partial charge in [-0.15, -0.1) is 0 Å². The van der Waals surface area contributed by atoms with E-state index < -0.39 is 30.5 Å². The molecule has 0 radical (unpaired) electrons. The summed E-state index contributed by atoms with van der Waals surface area (Å²) >= 11 is 0. The molecule has 10 heteroatoms.